The molecule has 0 bridgehead atoms. The fourth-order valence-corrected chi connectivity index (χ4v) is 3.99. The lowest BCUT2D eigenvalue weighted by atomic mass is 10.0. The van der Waals surface area contributed by atoms with Crippen molar-refractivity contribution in [3.63, 3.8) is 0 Å². The quantitative estimate of drug-likeness (QED) is 0.533. The number of imidazole rings is 1. The van der Waals surface area contributed by atoms with E-state index in [1.165, 1.54) is 18.5 Å². The molecule has 1 atom stereocenters. The molecule has 1 aromatic carbocycles. The van der Waals surface area contributed by atoms with E-state index in [1.54, 1.807) is 6.08 Å². The van der Waals surface area contributed by atoms with E-state index in [1.807, 2.05) is 0 Å². The summed E-state index contributed by atoms with van der Waals surface area (Å²) in [6, 6.07) is 9.62. The molecule has 5 rings (SSSR count). The molecule has 9 nitrogen and oxygen atoms in total. The number of fused-ring (bicyclic) bond motifs is 1. The van der Waals surface area contributed by atoms with Crippen LogP contribution in [0.4, 0.5) is 11.5 Å². The molecule has 1 saturated heterocycles. The van der Waals surface area contributed by atoms with Gasteiger partial charge in [-0.25, -0.2) is 4.79 Å². The lowest BCUT2D eigenvalue weighted by molar-refractivity contribution is 0.0696. The number of carboxylic acid groups (broad SMARTS) is 1. The van der Waals surface area contributed by atoms with E-state index in [9.17, 15) is 4.79 Å². The summed E-state index contributed by atoms with van der Waals surface area (Å²) in [6.45, 7) is 3.24. The van der Waals surface area contributed by atoms with E-state index in [4.69, 9.17) is 26.2 Å². The number of aromatic amines is 1. The number of benzene rings is 1. The summed E-state index contributed by atoms with van der Waals surface area (Å²) in [5.41, 5.74) is 2.87. The highest BCUT2D eigenvalue weighted by molar-refractivity contribution is 6.32. The number of H-pyrrole nitrogens is 1. The summed E-state index contributed by atoms with van der Waals surface area (Å²) >= 11 is 6.57. The predicted octanol–water partition coefficient (Wildman–Crippen LogP) is 3.88. The molecule has 2 aliphatic heterocycles. The van der Waals surface area contributed by atoms with Crippen molar-refractivity contribution in [2.45, 2.75) is 6.04 Å². The van der Waals surface area contributed by atoms with E-state index in [-0.39, 0.29) is 23.4 Å². The van der Waals surface area contributed by atoms with Crippen molar-refractivity contribution in [2.75, 3.05) is 36.5 Å². The molecule has 0 amide bonds. The Balaban J connectivity index is 1.32. The van der Waals surface area contributed by atoms with Crippen LogP contribution in [0.25, 0.3) is 6.08 Å². The maximum Gasteiger partial charge on any atom is 0.337 e. The van der Waals surface area contributed by atoms with E-state index in [0.29, 0.717) is 16.5 Å². The van der Waals surface area contributed by atoms with Gasteiger partial charge in [0.05, 0.1) is 36.7 Å². The Morgan fingerprint density at radius 3 is 2.75 bits per heavy atom. The number of aromatic nitrogens is 3. The molecule has 4 heterocycles. The number of pyridine rings is 1. The van der Waals surface area contributed by atoms with Crippen molar-refractivity contribution in [1.82, 2.24) is 15.0 Å². The number of carboxylic acids is 1. The molecule has 2 aliphatic rings. The Labute approximate surface area is 188 Å². The zero-order chi connectivity index (χ0) is 22.1. The highest BCUT2D eigenvalue weighted by Gasteiger charge is 2.25. The van der Waals surface area contributed by atoms with Gasteiger partial charge >= 0.3 is 12.0 Å². The number of nitrogens with zero attached hydrogens (tertiary/aromatic N) is 3. The minimum absolute atomic E-state index is 0.0282. The third-order valence-electron chi connectivity index (χ3n) is 5.33. The second kappa shape index (κ2) is 8.52. The fourth-order valence-electron chi connectivity index (χ4n) is 3.70. The van der Waals surface area contributed by atoms with Gasteiger partial charge in [-0.2, -0.15) is 4.98 Å². The van der Waals surface area contributed by atoms with Gasteiger partial charge in [-0.05, 0) is 29.8 Å². The van der Waals surface area contributed by atoms with Gasteiger partial charge in [0.25, 0.3) is 0 Å². The van der Waals surface area contributed by atoms with Gasteiger partial charge < -0.3 is 29.8 Å². The standard InChI is InChI=1S/C22H20ClN5O4/c23-17-10-18-20(27-22(25-18)32-16-9-14(21(29)30)11-24-12-16)26-19(17)13-1-3-15(4-2-13)28-5-7-31-8-6-28/h1-4,9-12,19,26H,5-8H2,(H,25,27)(H,29,30). The lowest BCUT2D eigenvalue weighted by Gasteiger charge is -2.29. The number of ether oxygens (including phenoxy) is 2. The molecule has 2 aromatic heterocycles. The molecule has 1 unspecified atom stereocenters. The van der Waals surface area contributed by atoms with E-state index in [2.05, 4.69) is 49.4 Å². The number of halogens is 1. The first-order valence-corrected chi connectivity index (χ1v) is 10.5. The smallest absolute Gasteiger partial charge is 0.337 e. The van der Waals surface area contributed by atoms with Crippen LogP contribution in [0, 0.1) is 0 Å². The first-order chi connectivity index (χ1) is 15.6. The van der Waals surface area contributed by atoms with Crippen LogP contribution in [0.2, 0.25) is 0 Å². The number of nitrogens with one attached hydrogen (secondary N) is 2. The first kappa shape index (κ1) is 20.3. The van der Waals surface area contributed by atoms with Crippen molar-refractivity contribution >= 4 is 35.2 Å². The van der Waals surface area contributed by atoms with Crippen LogP contribution < -0.4 is 15.0 Å². The number of rotatable bonds is 5. The minimum atomic E-state index is -1.08. The Morgan fingerprint density at radius 1 is 1.22 bits per heavy atom. The molecular formula is C22H20ClN5O4. The number of hydrogen-bond acceptors (Lipinski definition) is 7. The molecule has 32 heavy (non-hydrogen) atoms. The summed E-state index contributed by atoms with van der Waals surface area (Å²) in [4.78, 5) is 24.8. The van der Waals surface area contributed by atoms with Crippen LogP contribution in [0.3, 0.4) is 0 Å². The molecule has 10 heteroatoms. The van der Waals surface area contributed by atoms with Crippen LogP contribution >= 0.6 is 11.6 Å². The molecule has 0 saturated carbocycles. The van der Waals surface area contributed by atoms with Gasteiger partial charge in [-0.3, -0.25) is 4.98 Å². The second-order valence-corrected chi connectivity index (χ2v) is 7.85. The molecule has 3 aromatic rings. The molecule has 0 aliphatic carbocycles. The van der Waals surface area contributed by atoms with Gasteiger partial charge in [0, 0.05) is 30.0 Å². The third kappa shape index (κ3) is 4.12. The Hall–Kier alpha value is -3.56. The Bertz CT molecular complexity index is 1170. The molecular weight excluding hydrogens is 434 g/mol. The average Bonchev–Trinajstić information content (AvgIpc) is 3.20. The largest absolute Gasteiger partial charge is 0.478 e. The maximum atomic E-state index is 11.1. The highest BCUT2D eigenvalue weighted by atomic mass is 35.5. The zero-order valence-corrected chi connectivity index (χ0v) is 17.7. The minimum Gasteiger partial charge on any atom is -0.478 e. The van der Waals surface area contributed by atoms with Crippen molar-refractivity contribution in [1.29, 1.82) is 0 Å². The maximum absolute atomic E-state index is 11.1. The van der Waals surface area contributed by atoms with Gasteiger partial charge in [0.15, 0.2) is 5.82 Å². The second-order valence-electron chi connectivity index (χ2n) is 7.42. The van der Waals surface area contributed by atoms with Crippen LogP contribution in [0.1, 0.15) is 27.7 Å². The molecule has 0 spiro atoms. The van der Waals surface area contributed by atoms with Crippen LogP contribution in [0.5, 0.6) is 11.8 Å². The number of aromatic carboxylic acids is 1. The Kier molecular flexibility index (Phi) is 5.42. The summed E-state index contributed by atoms with van der Waals surface area (Å²) < 4.78 is 11.1. The zero-order valence-electron chi connectivity index (χ0n) is 16.9. The fraction of sp³-hybridized carbons (Fsp3) is 0.227. The summed E-state index contributed by atoms with van der Waals surface area (Å²) in [5, 5.41) is 13.1. The summed E-state index contributed by atoms with van der Waals surface area (Å²) in [7, 11) is 0. The highest BCUT2D eigenvalue weighted by Crippen LogP contribution is 2.38. The average molecular weight is 454 g/mol. The van der Waals surface area contributed by atoms with E-state index < -0.39 is 5.97 Å². The molecule has 1 fully saturated rings. The van der Waals surface area contributed by atoms with Gasteiger partial charge in [0.2, 0.25) is 0 Å². The molecule has 3 N–H and O–H groups in total. The van der Waals surface area contributed by atoms with E-state index in [0.717, 1.165) is 37.6 Å². The lowest BCUT2D eigenvalue weighted by Crippen LogP contribution is -2.36. The number of anilines is 2. The van der Waals surface area contributed by atoms with Crippen molar-refractivity contribution in [3.05, 3.63) is 64.6 Å². The monoisotopic (exact) mass is 453 g/mol. The van der Waals surface area contributed by atoms with Crippen LogP contribution in [0.15, 0.2) is 47.8 Å². The Morgan fingerprint density at radius 2 is 2.00 bits per heavy atom. The van der Waals surface area contributed by atoms with Crippen molar-refractivity contribution in [2.24, 2.45) is 0 Å². The van der Waals surface area contributed by atoms with E-state index >= 15 is 0 Å². The van der Waals surface area contributed by atoms with Gasteiger partial charge in [-0.15, -0.1) is 0 Å². The number of hydrogen-bond donors (Lipinski definition) is 3. The third-order valence-corrected chi connectivity index (χ3v) is 5.65. The number of morpholine rings is 1. The molecule has 164 valence electrons. The summed E-state index contributed by atoms with van der Waals surface area (Å²) in [6.07, 6.45) is 4.48. The van der Waals surface area contributed by atoms with Gasteiger partial charge in [-0.1, -0.05) is 23.7 Å². The van der Waals surface area contributed by atoms with Crippen LogP contribution in [-0.2, 0) is 4.74 Å². The SMILES string of the molecule is O=C(O)c1cncc(Oc2nc3c([nH]2)C=C(Cl)C(c2ccc(N4CCOCC4)cc2)N3)c1. The topological polar surface area (TPSA) is 113 Å². The number of carbonyl (C=O) groups is 1. The predicted molar refractivity (Wildman–Crippen MR) is 120 cm³/mol. The normalized spacial score (nSPS) is 17.8. The van der Waals surface area contributed by atoms with Crippen LogP contribution in [-0.4, -0.2) is 52.3 Å². The summed E-state index contributed by atoms with van der Waals surface area (Å²) in [5.74, 6) is -0.226. The van der Waals surface area contributed by atoms with Crippen molar-refractivity contribution < 1.29 is 19.4 Å². The molecule has 0 radical (unpaired) electrons. The first-order valence-electron chi connectivity index (χ1n) is 10.1. The van der Waals surface area contributed by atoms with Gasteiger partial charge in [0.1, 0.15) is 5.75 Å². The van der Waals surface area contributed by atoms with Crippen molar-refractivity contribution in [3.8, 4) is 11.8 Å².